The maximum Gasteiger partial charge on any atom is 0.252 e. The molecule has 7 heteroatoms. The Labute approximate surface area is 105 Å². The number of nitrogen functional groups attached to an aromatic ring is 1. The quantitative estimate of drug-likeness (QED) is 0.854. The van der Waals surface area contributed by atoms with Gasteiger partial charge in [-0.2, -0.15) is 4.31 Å². The Bertz CT molecular complexity index is 521. The topological polar surface area (TPSA) is 63.4 Å². The summed E-state index contributed by atoms with van der Waals surface area (Å²) in [4.78, 5) is -0.0637. The van der Waals surface area contributed by atoms with Gasteiger partial charge in [0.15, 0.2) is 0 Å². The van der Waals surface area contributed by atoms with Gasteiger partial charge in [-0.25, -0.2) is 17.2 Å². The summed E-state index contributed by atoms with van der Waals surface area (Å²) in [5.41, 5.74) is 7.51. The van der Waals surface area contributed by atoms with Crippen molar-refractivity contribution >= 4 is 15.7 Å². The Morgan fingerprint density at radius 3 is 2.33 bits per heavy atom. The second-order valence-electron chi connectivity index (χ2n) is 4.13. The molecule has 0 aromatic heterocycles. The van der Waals surface area contributed by atoms with Crippen molar-refractivity contribution in [1.82, 2.24) is 4.31 Å². The summed E-state index contributed by atoms with van der Waals surface area (Å²) >= 11 is 0. The maximum absolute atomic E-state index is 12.2. The van der Waals surface area contributed by atoms with Gasteiger partial charge in [0.05, 0.1) is 11.4 Å². The lowest BCUT2D eigenvalue weighted by atomic mass is 10.1. The molecule has 18 heavy (non-hydrogen) atoms. The number of alkyl halides is 2. The maximum atomic E-state index is 12.2. The summed E-state index contributed by atoms with van der Waals surface area (Å²) < 4.78 is 49.1. The number of sulfonamides is 1. The summed E-state index contributed by atoms with van der Waals surface area (Å²) in [5, 5.41) is 0. The van der Waals surface area contributed by atoms with Crippen molar-refractivity contribution < 1.29 is 17.2 Å². The normalized spacial score (nSPS) is 12.4. The standard InChI is InChI=1S/C11H16F2N2O2S/c1-7-4-9(5-10(14)8(7)2)18(16,17)15(3)6-11(12)13/h4-5,11H,6,14H2,1-3H3. The SMILES string of the molecule is Cc1cc(S(=O)(=O)N(C)CC(F)F)cc(N)c1C. The third-order valence-corrected chi connectivity index (χ3v) is 4.59. The van der Waals surface area contributed by atoms with Crippen LogP contribution in [0.2, 0.25) is 0 Å². The number of hydrogen-bond donors (Lipinski definition) is 1. The van der Waals surface area contributed by atoms with Crippen LogP contribution in [-0.4, -0.2) is 32.7 Å². The summed E-state index contributed by atoms with van der Waals surface area (Å²) in [7, 11) is -2.80. The minimum Gasteiger partial charge on any atom is -0.398 e. The number of nitrogens with two attached hydrogens (primary N) is 1. The Morgan fingerprint density at radius 2 is 1.89 bits per heavy atom. The number of nitrogens with zero attached hydrogens (tertiary/aromatic N) is 1. The van der Waals surface area contributed by atoms with Crippen molar-refractivity contribution in [1.29, 1.82) is 0 Å². The first-order valence-electron chi connectivity index (χ1n) is 5.27. The molecule has 1 aromatic carbocycles. The van der Waals surface area contributed by atoms with E-state index in [1.807, 2.05) is 0 Å². The Kier molecular flexibility index (Phi) is 4.28. The molecule has 0 saturated heterocycles. The predicted octanol–water partition coefficient (Wildman–Crippen LogP) is 1.77. The third-order valence-electron chi connectivity index (χ3n) is 2.78. The van der Waals surface area contributed by atoms with Crippen molar-refractivity contribution in [3.63, 3.8) is 0 Å². The lowest BCUT2D eigenvalue weighted by molar-refractivity contribution is 0.126. The number of anilines is 1. The van der Waals surface area contributed by atoms with Crippen molar-refractivity contribution in [3.8, 4) is 0 Å². The van der Waals surface area contributed by atoms with E-state index >= 15 is 0 Å². The summed E-state index contributed by atoms with van der Waals surface area (Å²) in [6, 6.07) is 2.72. The smallest absolute Gasteiger partial charge is 0.252 e. The van der Waals surface area contributed by atoms with Crippen LogP contribution < -0.4 is 5.73 Å². The van der Waals surface area contributed by atoms with E-state index in [1.165, 1.54) is 12.1 Å². The highest BCUT2D eigenvalue weighted by atomic mass is 32.2. The number of hydrogen-bond acceptors (Lipinski definition) is 3. The Morgan fingerprint density at radius 1 is 1.33 bits per heavy atom. The van der Waals surface area contributed by atoms with Crippen molar-refractivity contribution in [2.24, 2.45) is 0 Å². The fraction of sp³-hybridized carbons (Fsp3) is 0.455. The van der Waals surface area contributed by atoms with Crippen LogP contribution in [0.1, 0.15) is 11.1 Å². The van der Waals surface area contributed by atoms with Crippen LogP contribution in [-0.2, 0) is 10.0 Å². The zero-order valence-corrected chi connectivity index (χ0v) is 11.3. The van der Waals surface area contributed by atoms with Gasteiger partial charge >= 0.3 is 0 Å². The Balaban J connectivity index is 3.21. The van der Waals surface area contributed by atoms with E-state index < -0.39 is 23.0 Å². The van der Waals surface area contributed by atoms with Crippen LogP contribution in [0.4, 0.5) is 14.5 Å². The first-order chi connectivity index (χ1) is 8.16. The van der Waals surface area contributed by atoms with E-state index in [9.17, 15) is 17.2 Å². The van der Waals surface area contributed by atoms with Crippen LogP contribution in [0.15, 0.2) is 17.0 Å². The molecule has 0 amide bonds. The van der Waals surface area contributed by atoms with E-state index in [2.05, 4.69) is 0 Å². The highest BCUT2D eigenvalue weighted by Crippen LogP contribution is 2.23. The molecule has 0 fully saturated rings. The molecule has 0 saturated carbocycles. The monoisotopic (exact) mass is 278 g/mol. The molecule has 0 atom stereocenters. The lowest BCUT2D eigenvalue weighted by Crippen LogP contribution is -2.31. The minimum atomic E-state index is -3.92. The molecule has 0 aliphatic heterocycles. The molecule has 102 valence electrons. The fourth-order valence-corrected chi connectivity index (χ4v) is 2.74. The molecule has 0 aliphatic rings. The second-order valence-corrected chi connectivity index (χ2v) is 6.18. The molecule has 0 spiro atoms. The van der Waals surface area contributed by atoms with E-state index in [0.29, 0.717) is 15.6 Å². The molecular formula is C11H16F2N2O2S. The highest BCUT2D eigenvalue weighted by molar-refractivity contribution is 7.89. The molecule has 4 nitrogen and oxygen atoms in total. The van der Waals surface area contributed by atoms with E-state index in [1.54, 1.807) is 13.8 Å². The lowest BCUT2D eigenvalue weighted by Gasteiger charge is -2.18. The fourth-order valence-electron chi connectivity index (χ4n) is 1.47. The minimum absolute atomic E-state index is 0.0637. The van der Waals surface area contributed by atoms with Gasteiger partial charge in [0, 0.05) is 12.7 Å². The summed E-state index contributed by atoms with van der Waals surface area (Å²) in [6.45, 7) is 2.65. The van der Waals surface area contributed by atoms with Crippen LogP contribution in [0.5, 0.6) is 0 Å². The molecule has 0 bridgehead atoms. The van der Waals surface area contributed by atoms with Crippen LogP contribution >= 0.6 is 0 Å². The molecule has 2 N–H and O–H groups in total. The zero-order valence-electron chi connectivity index (χ0n) is 10.4. The van der Waals surface area contributed by atoms with Gasteiger partial charge < -0.3 is 5.73 Å². The largest absolute Gasteiger partial charge is 0.398 e. The number of halogens is 2. The van der Waals surface area contributed by atoms with Crippen LogP contribution in [0, 0.1) is 13.8 Å². The van der Waals surface area contributed by atoms with Gasteiger partial charge in [-0.15, -0.1) is 0 Å². The molecular weight excluding hydrogens is 262 g/mol. The number of rotatable bonds is 4. The van der Waals surface area contributed by atoms with Gasteiger partial charge in [0.25, 0.3) is 6.43 Å². The summed E-state index contributed by atoms with van der Waals surface area (Å²) in [5.74, 6) is 0. The molecule has 0 unspecified atom stereocenters. The average molecular weight is 278 g/mol. The van der Waals surface area contributed by atoms with Gasteiger partial charge in [-0.05, 0) is 37.1 Å². The van der Waals surface area contributed by atoms with Crippen molar-refractivity contribution in [3.05, 3.63) is 23.3 Å². The van der Waals surface area contributed by atoms with Gasteiger partial charge in [-0.1, -0.05) is 0 Å². The van der Waals surface area contributed by atoms with Crippen molar-refractivity contribution in [2.45, 2.75) is 25.2 Å². The molecule has 0 aliphatic carbocycles. The second kappa shape index (κ2) is 5.19. The number of aryl methyl sites for hydroxylation is 1. The van der Waals surface area contributed by atoms with E-state index in [0.717, 1.165) is 12.6 Å². The number of benzene rings is 1. The first-order valence-corrected chi connectivity index (χ1v) is 6.71. The van der Waals surface area contributed by atoms with Gasteiger partial charge in [-0.3, -0.25) is 0 Å². The van der Waals surface area contributed by atoms with Crippen LogP contribution in [0.25, 0.3) is 0 Å². The average Bonchev–Trinajstić information content (AvgIpc) is 2.24. The van der Waals surface area contributed by atoms with E-state index in [-0.39, 0.29) is 4.90 Å². The Hall–Kier alpha value is -1.21. The first kappa shape index (κ1) is 14.8. The van der Waals surface area contributed by atoms with Gasteiger partial charge in [0.2, 0.25) is 10.0 Å². The molecule has 1 rings (SSSR count). The molecule has 0 radical (unpaired) electrons. The van der Waals surface area contributed by atoms with Crippen LogP contribution in [0.3, 0.4) is 0 Å². The highest BCUT2D eigenvalue weighted by Gasteiger charge is 2.24. The zero-order chi connectivity index (χ0) is 14.1. The molecule has 0 heterocycles. The predicted molar refractivity (Wildman–Crippen MR) is 66.1 cm³/mol. The molecule has 1 aromatic rings. The van der Waals surface area contributed by atoms with Crippen molar-refractivity contribution in [2.75, 3.05) is 19.3 Å². The van der Waals surface area contributed by atoms with Gasteiger partial charge in [0.1, 0.15) is 0 Å². The summed E-state index contributed by atoms with van der Waals surface area (Å²) in [6.07, 6.45) is -2.71. The third kappa shape index (κ3) is 2.97. The van der Waals surface area contributed by atoms with E-state index in [4.69, 9.17) is 5.73 Å².